The van der Waals surface area contributed by atoms with Gasteiger partial charge in [-0.25, -0.2) is 12.8 Å². The van der Waals surface area contributed by atoms with E-state index < -0.39 is 9.84 Å². The first kappa shape index (κ1) is 15.9. The first-order valence-electron chi connectivity index (χ1n) is 6.69. The van der Waals surface area contributed by atoms with Gasteiger partial charge >= 0.3 is 0 Å². The van der Waals surface area contributed by atoms with Crippen molar-refractivity contribution in [2.24, 2.45) is 11.7 Å². The zero-order valence-corrected chi connectivity index (χ0v) is 13.8. The number of hydrogen-bond acceptors (Lipinski definition) is 3. The molecule has 0 heterocycles. The van der Waals surface area contributed by atoms with Crippen LogP contribution in [0.2, 0.25) is 0 Å². The van der Waals surface area contributed by atoms with Gasteiger partial charge < -0.3 is 5.73 Å². The highest BCUT2D eigenvalue weighted by molar-refractivity contribution is 9.10. The van der Waals surface area contributed by atoms with E-state index in [9.17, 15) is 12.8 Å². The fraction of sp³-hybridized carbons (Fsp3) is 0.571. The third-order valence-electron chi connectivity index (χ3n) is 4.12. The number of nitrogens with two attached hydrogens (primary N) is 1. The standard InChI is InChI=1S/C14H19BrFNO2S/c1-20(18,19)10-5-2-4-9(8-10)14(17)11-6-3-7-12(16)13(11)15/h3,6-7,9-10,14H,2,4-5,8,17H2,1H3. The minimum atomic E-state index is -3.03. The van der Waals surface area contributed by atoms with Crippen LogP contribution >= 0.6 is 15.9 Å². The summed E-state index contributed by atoms with van der Waals surface area (Å²) in [7, 11) is -3.03. The van der Waals surface area contributed by atoms with Crippen molar-refractivity contribution >= 4 is 25.8 Å². The monoisotopic (exact) mass is 363 g/mol. The number of sulfone groups is 1. The predicted octanol–water partition coefficient (Wildman–Crippen LogP) is 3.19. The molecule has 20 heavy (non-hydrogen) atoms. The highest BCUT2D eigenvalue weighted by atomic mass is 79.9. The van der Waals surface area contributed by atoms with Crippen molar-refractivity contribution in [3.8, 4) is 0 Å². The summed E-state index contributed by atoms with van der Waals surface area (Å²) in [6.07, 6.45) is 4.28. The zero-order chi connectivity index (χ0) is 14.9. The molecule has 2 N–H and O–H groups in total. The molecule has 0 amide bonds. The molecule has 0 radical (unpaired) electrons. The van der Waals surface area contributed by atoms with Crippen molar-refractivity contribution in [2.75, 3.05) is 6.26 Å². The van der Waals surface area contributed by atoms with Gasteiger partial charge in [0.05, 0.1) is 9.72 Å². The Balaban J connectivity index is 2.21. The van der Waals surface area contributed by atoms with Crippen LogP contribution < -0.4 is 5.73 Å². The molecule has 3 unspecified atom stereocenters. The molecule has 1 saturated carbocycles. The molecule has 2 rings (SSSR count). The van der Waals surface area contributed by atoms with Crippen molar-refractivity contribution < 1.29 is 12.8 Å². The van der Waals surface area contributed by atoms with Crippen LogP contribution in [-0.4, -0.2) is 19.9 Å². The van der Waals surface area contributed by atoms with Crippen LogP contribution in [-0.2, 0) is 9.84 Å². The first-order valence-corrected chi connectivity index (χ1v) is 9.44. The molecular formula is C14H19BrFNO2S. The van der Waals surface area contributed by atoms with E-state index in [1.807, 2.05) is 0 Å². The average Bonchev–Trinajstić information content (AvgIpc) is 2.40. The zero-order valence-electron chi connectivity index (χ0n) is 11.4. The van der Waals surface area contributed by atoms with Gasteiger partial charge in [-0.2, -0.15) is 0 Å². The lowest BCUT2D eigenvalue weighted by Gasteiger charge is -2.32. The molecule has 3 atom stereocenters. The Morgan fingerprint density at radius 1 is 1.40 bits per heavy atom. The average molecular weight is 364 g/mol. The SMILES string of the molecule is CS(=O)(=O)C1CCCC(C(N)c2cccc(F)c2Br)C1. The summed E-state index contributed by atoms with van der Waals surface area (Å²) in [5, 5.41) is -0.320. The van der Waals surface area contributed by atoms with Crippen LogP contribution in [0.25, 0.3) is 0 Å². The van der Waals surface area contributed by atoms with E-state index in [1.54, 1.807) is 12.1 Å². The van der Waals surface area contributed by atoms with Crippen LogP contribution in [0.4, 0.5) is 4.39 Å². The summed E-state index contributed by atoms with van der Waals surface area (Å²) in [5.74, 6) is -0.269. The van der Waals surface area contributed by atoms with Crippen LogP contribution in [0.1, 0.15) is 37.3 Å². The smallest absolute Gasteiger partial charge is 0.150 e. The molecule has 0 spiro atoms. The maximum Gasteiger partial charge on any atom is 0.150 e. The molecule has 0 aromatic heterocycles. The molecule has 6 heteroatoms. The van der Waals surface area contributed by atoms with Crippen LogP contribution in [0.15, 0.2) is 22.7 Å². The fourth-order valence-electron chi connectivity index (χ4n) is 2.93. The molecule has 1 aromatic carbocycles. The number of rotatable bonds is 3. The Kier molecular flexibility index (Phi) is 4.87. The van der Waals surface area contributed by atoms with E-state index in [-0.39, 0.29) is 23.0 Å². The molecule has 0 aliphatic heterocycles. The lowest BCUT2D eigenvalue weighted by Crippen LogP contribution is -2.33. The summed E-state index contributed by atoms with van der Waals surface area (Å²) in [6, 6.07) is 4.46. The van der Waals surface area contributed by atoms with Gasteiger partial charge in [-0.15, -0.1) is 0 Å². The van der Waals surface area contributed by atoms with E-state index in [0.717, 1.165) is 12.8 Å². The Labute approximate surface area is 127 Å². The summed E-state index contributed by atoms with van der Waals surface area (Å²) in [6.45, 7) is 0. The molecule has 3 nitrogen and oxygen atoms in total. The molecular weight excluding hydrogens is 345 g/mol. The minimum absolute atomic E-state index is 0.0709. The lowest BCUT2D eigenvalue weighted by molar-refractivity contribution is 0.308. The third-order valence-corrected chi connectivity index (χ3v) is 6.60. The maximum atomic E-state index is 13.6. The summed E-state index contributed by atoms with van der Waals surface area (Å²) in [5.41, 5.74) is 6.97. The fourth-order valence-corrected chi connectivity index (χ4v) is 4.65. The van der Waals surface area contributed by atoms with Crippen molar-refractivity contribution in [3.63, 3.8) is 0 Å². The molecule has 0 saturated heterocycles. The minimum Gasteiger partial charge on any atom is -0.324 e. The molecule has 1 aromatic rings. The van der Waals surface area contributed by atoms with E-state index >= 15 is 0 Å². The van der Waals surface area contributed by atoms with Crippen molar-refractivity contribution in [3.05, 3.63) is 34.1 Å². The number of halogens is 2. The van der Waals surface area contributed by atoms with Crippen molar-refractivity contribution in [1.82, 2.24) is 0 Å². The normalized spacial score (nSPS) is 25.4. The molecule has 1 aliphatic rings. The third kappa shape index (κ3) is 3.40. The van der Waals surface area contributed by atoms with Crippen molar-refractivity contribution in [1.29, 1.82) is 0 Å². The van der Waals surface area contributed by atoms with Crippen LogP contribution in [0.5, 0.6) is 0 Å². The van der Waals surface area contributed by atoms with E-state index in [1.165, 1.54) is 12.3 Å². The van der Waals surface area contributed by atoms with E-state index in [0.29, 0.717) is 22.9 Å². The topological polar surface area (TPSA) is 60.2 Å². The van der Waals surface area contributed by atoms with E-state index in [4.69, 9.17) is 5.73 Å². The van der Waals surface area contributed by atoms with Crippen molar-refractivity contribution in [2.45, 2.75) is 37.0 Å². The predicted molar refractivity (Wildman–Crippen MR) is 81.6 cm³/mol. The summed E-state index contributed by atoms with van der Waals surface area (Å²) >= 11 is 3.23. The molecule has 0 bridgehead atoms. The second-order valence-corrected chi connectivity index (χ2v) is 8.67. The van der Waals surface area contributed by atoms with Gasteiger partial charge in [0.15, 0.2) is 0 Å². The summed E-state index contributed by atoms with van der Waals surface area (Å²) < 4.78 is 37.4. The highest BCUT2D eigenvalue weighted by Gasteiger charge is 2.33. The lowest BCUT2D eigenvalue weighted by atomic mass is 9.81. The largest absolute Gasteiger partial charge is 0.324 e. The number of hydrogen-bond donors (Lipinski definition) is 1. The Bertz CT molecular complexity index is 591. The van der Waals surface area contributed by atoms with Crippen LogP contribution in [0.3, 0.4) is 0 Å². The van der Waals surface area contributed by atoms with Gasteiger partial charge in [-0.3, -0.25) is 0 Å². The summed E-state index contributed by atoms with van der Waals surface area (Å²) in [4.78, 5) is 0. The molecule has 112 valence electrons. The van der Waals surface area contributed by atoms with Crippen LogP contribution in [0, 0.1) is 11.7 Å². The van der Waals surface area contributed by atoms with Gasteiger partial charge in [0, 0.05) is 12.3 Å². The maximum absolute atomic E-state index is 13.6. The Hall–Kier alpha value is -0.460. The Morgan fingerprint density at radius 3 is 2.75 bits per heavy atom. The highest BCUT2D eigenvalue weighted by Crippen LogP contribution is 2.38. The second-order valence-electron chi connectivity index (χ2n) is 5.55. The van der Waals surface area contributed by atoms with E-state index in [2.05, 4.69) is 15.9 Å². The first-order chi connectivity index (χ1) is 9.30. The number of benzene rings is 1. The second kappa shape index (κ2) is 6.12. The van der Waals surface area contributed by atoms with Gasteiger partial charge in [-0.05, 0) is 52.7 Å². The molecule has 1 fully saturated rings. The Morgan fingerprint density at radius 2 is 2.10 bits per heavy atom. The molecule has 1 aliphatic carbocycles. The van der Waals surface area contributed by atoms with Gasteiger partial charge in [-0.1, -0.05) is 18.6 Å². The van der Waals surface area contributed by atoms with Gasteiger partial charge in [0.2, 0.25) is 0 Å². The van der Waals surface area contributed by atoms with Gasteiger partial charge in [0.25, 0.3) is 0 Å². The quantitative estimate of drug-likeness (QED) is 0.896. The van der Waals surface area contributed by atoms with Gasteiger partial charge in [0.1, 0.15) is 15.7 Å².